The number of nitrogens with one attached hydrogen (secondary N) is 1. The normalized spacial score (nSPS) is 14.1. The number of sulfonamides is 1. The fourth-order valence-corrected chi connectivity index (χ4v) is 5.10. The van der Waals surface area contributed by atoms with E-state index in [9.17, 15) is 22.0 Å². The predicted molar refractivity (Wildman–Crippen MR) is 126 cm³/mol. The maximum Gasteiger partial charge on any atom is 0.325 e. The van der Waals surface area contributed by atoms with Crippen molar-refractivity contribution < 1.29 is 31.5 Å². The molecule has 188 valence electrons. The van der Waals surface area contributed by atoms with E-state index < -0.39 is 50.1 Å². The quantitative estimate of drug-likeness (QED) is 0.488. The van der Waals surface area contributed by atoms with Crippen LogP contribution in [-0.4, -0.2) is 33.1 Å². The second-order valence-electron chi connectivity index (χ2n) is 9.13. The highest BCUT2D eigenvalue weighted by Crippen LogP contribution is 2.31. The minimum Gasteiger partial charge on any atom is -0.459 e. The molecule has 6 nitrogen and oxygen atoms in total. The number of halogens is 3. The molecular weight excluding hydrogens is 488 g/mol. The molecular formula is C24H30ClF2NO5S. The molecule has 0 amide bonds. The molecule has 0 heterocycles. The Morgan fingerprint density at radius 2 is 1.76 bits per heavy atom. The van der Waals surface area contributed by atoms with Gasteiger partial charge in [0.2, 0.25) is 10.0 Å². The topological polar surface area (TPSA) is 81.7 Å². The molecule has 34 heavy (non-hydrogen) atoms. The van der Waals surface area contributed by atoms with Gasteiger partial charge in [-0.15, -0.1) is 0 Å². The highest BCUT2D eigenvalue weighted by Gasteiger charge is 2.37. The van der Waals surface area contributed by atoms with E-state index in [4.69, 9.17) is 21.1 Å². The highest BCUT2D eigenvalue weighted by molar-refractivity contribution is 7.89. The van der Waals surface area contributed by atoms with Gasteiger partial charge in [0.1, 0.15) is 28.2 Å². The minimum atomic E-state index is -4.60. The summed E-state index contributed by atoms with van der Waals surface area (Å²) in [5, 5.41) is -0.00665. The van der Waals surface area contributed by atoms with Crippen LogP contribution in [0.5, 0.6) is 0 Å². The van der Waals surface area contributed by atoms with Gasteiger partial charge in [-0.05, 0) is 75.1 Å². The highest BCUT2D eigenvalue weighted by atomic mass is 35.5. The Morgan fingerprint density at radius 1 is 1.15 bits per heavy atom. The van der Waals surface area contributed by atoms with Gasteiger partial charge >= 0.3 is 5.97 Å². The molecule has 0 aliphatic rings. The molecule has 10 heteroatoms. The molecule has 0 radical (unpaired) electrons. The zero-order chi connectivity index (χ0) is 26.0. The summed E-state index contributed by atoms with van der Waals surface area (Å²) in [6.45, 7) is 9.77. The number of hydrogen-bond donors (Lipinski definition) is 1. The Morgan fingerprint density at radius 3 is 2.32 bits per heavy atom. The molecule has 2 rings (SSSR count). The Labute approximate surface area is 204 Å². The number of carbonyl (C=O) groups is 1. The van der Waals surface area contributed by atoms with Crippen LogP contribution in [-0.2, 0) is 30.9 Å². The minimum absolute atomic E-state index is 0.00665. The fraction of sp³-hybridized carbons (Fsp3) is 0.458. The number of carbonyl (C=O) groups excluding carboxylic acids is 1. The van der Waals surface area contributed by atoms with Gasteiger partial charge in [-0.25, -0.2) is 17.2 Å². The van der Waals surface area contributed by atoms with Gasteiger partial charge in [-0.1, -0.05) is 24.6 Å². The lowest BCUT2D eigenvalue weighted by molar-refractivity contribution is -0.157. The van der Waals surface area contributed by atoms with Gasteiger partial charge in [0, 0.05) is 18.1 Å². The van der Waals surface area contributed by atoms with Crippen LogP contribution in [0.4, 0.5) is 8.78 Å². The SMILES string of the molecule is COCc1cc(S(=O)(=O)N[C@H](C(=O)OC(C)(C)C)C(C)c2c(F)ccc(C)c2C)c(F)cc1Cl. The second kappa shape index (κ2) is 10.7. The first-order valence-electron chi connectivity index (χ1n) is 10.6. The van der Waals surface area contributed by atoms with Crippen LogP contribution in [0, 0.1) is 25.5 Å². The average Bonchev–Trinajstić information content (AvgIpc) is 2.69. The summed E-state index contributed by atoms with van der Waals surface area (Å²) in [6.07, 6.45) is 0. The Bertz CT molecular complexity index is 1180. The molecule has 0 spiro atoms. The lowest BCUT2D eigenvalue weighted by atomic mass is 9.88. The van der Waals surface area contributed by atoms with Crippen molar-refractivity contribution in [2.24, 2.45) is 0 Å². The Balaban J connectivity index is 2.60. The molecule has 0 saturated heterocycles. The van der Waals surface area contributed by atoms with Crippen molar-refractivity contribution in [1.29, 1.82) is 0 Å². The molecule has 0 saturated carbocycles. The molecule has 1 N–H and O–H groups in total. The number of hydrogen-bond acceptors (Lipinski definition) is 5. The maximum absolute atomic E-state index is 14.8. The fourth-order valence-electron chi connectivity index (χ4n) is 3.52. The third-order valence-electron chi connectivity index (χ3n) is 5.32. The molecule has 0 aliphatic carbocycles. The monoisotopic (exact) mass is 517 g/mol. The number of methoxy groups -OCH3 is 1. The third-order valence-corrected chi connectivity index (χ3v) is 7.13. The van der Waals surface area contributed by atoms with Gasteiger partial charge in [0.25, 0.3) is 0 Å². The van der Waals surface area contributed by atoms with Crippen LogP contribution in [0.3, 0.4) is 0 Å². The van der Waals surface area contributed by atoms with Crippen molar-refractivity contribution >= 4 is 27.6 Å². The van der Waals surface area contributed by atoms with Crippen LogP contribution in [0.15, 0.2) is 29.2 Å². The van der Waals surface area contributed by atoms with E-state index in [1.54, 1.807) is 40.7 Å². The zero-order valence-corrected chi connectivity index (χ0v) is 21.8. The van der Waals surface area contributed by atoms with E-state index in [0.717, 1.165) is 17.7 Å². The van der Waals surface area contributed by atoms with Crippen molar-refractivity contribution in [3.8, 4) is 0 Å². The van der Waals surface area contributed by atoms with E-state index in [-0.39, 0.29) is 22.8 Å². The number of rotatable bonds is 8. The maximum atomic E-state index is 14.8. The predicted octanol–water partition coefficient (Wildman–Crippen LogP) is 5.17. The summed E-state index contributed by atoms with van der Waals surface area (Å²) in [7, 11) is -3.22. The molecule has 0 aliphatic heterocycles. The molecule has 1 unspecified atom stereocenters. The third kappa shape index (κ3) is 6.53. The van der Waals surface area contributed by atoms with Crippen molar-refractivity contribution in [1.82, 2.24) is 4.72 Å². The van der Waals surface area contributed by atoms with E-state index in [1.807, 2.05) is 0 Å². The summed E-state index contributed by atoms with van der Waals surface area (Å²) >= 11 is 5.99. The summed E-state index contributed by atoms with van der Waals surface area (Å²) in [4.78, 5) is 12.4. The molecule has 0 bridgehead atoms. The van der Waals surface area contributed by atoms with Gasteiger partial charge in [0.15, 0.2) is 0 Å². The van der Waals surface area contributed by atoms with Gasteiger partial charge < -0.3 is 9.47 Å². The smallest absolute Gasteiger partial charge is 0.325 e. The van der Waals surface area contributed by atoms with Crippen molar-refractivity contribution in [2.45, 2.75) is 70.6 Å². The largest absolute Gasteiger partial charge is 0.459 e. The second-order valence-corrected chi connectivity index (χ2v) is 11.2. The summed E-state index contributed by atoms with van der Waals surface area (Å²) in [5.41, 5.74) is 0.795. The summed E-state index contributed by atoms with van der Waals surface area (Å²) < 4.78 is 68.6. The van der Waals surface area contributed by atoms with Crippen molar-refractivity contribution in [3.63, 3.8) is 0 Å². The molecule has 2 aromatic rings. The Kier molecular flexibility index (Phi) is 8.85. The van der Waals surface area contributed by atoms with Gasteiger partial charge in [-0.3, -0.25) is 4.79 Å². The number of ether oxygens (including phenoxy) is 2. The van der Waals surface area contributed by atoms with Gasteiger partial charge in [-0.2, -0.15) is 4.72 Å². The number of esters is 1. The van der Waals surface area contributed by atoms with Crippen molar-refractivity contribution in [2.75, 3.05) is 7.11 Å². The van der Waals surface area contributed by atoms with Gasteiger partial charge in [0.05, 0.1) is 6.61 Å². The standard InChI is InChI=1S/C24H30ClF2NO5S/c1-13-8-9-18(26)21(14(13)2)15(3)22(23(29)33-24(4,5)6)28-34(30,31)20-10-16(12-32-7)17(25)11-19(20)27/h8-11,15,22,28H,12H2,1-7H3/t15?,22-/m0/s1. The van der Waals surface area contributed by atoms with Crippen LogP contribution in [0.1, 0.15) is 55.9 Å². The molecule has 2 atom stereocenters. The van der Waals surface area contributed by atoms with Crippen LogP contribution in [0.25, 0.3) is 0 Å². The van der Waals surface area contributed by atoms with E-state index in [2.05, 4.69) is 4.72 Å². The lowest BCUT2D eigenvalue weighted by Gasteiger charge is -2.29. The number of aryl methyl sites for hydroxylation is 1. The first-order chi connectivity index (χ1) is 15.6. The van der Waals surface area contributed by atoms with Crippen LogP contribution < -0.4 is 4.72 Å². The number of benzene rings is 2. The molecule has 0 fully saturated rings. The van der Waals surface area contributed by atoms with Crippen LogP contribution in [0.2, 0.25) is 5.02 Å². The average molecular weight is 518 g/mol. The first kappa shape index (κ1) is 28.2. The first-order valence-corrected chi connectivity index (χ1v) is 12.4. The Hall–Kier alpha value is -2.07. The summed E-state index contributed by atoms with van der Waals surface area (Å²) in [6, 6.07) is 3.21. The van der Waals surface area contributed by atoms with Crippen molar-refractivity contribution in [3.05, 3.63) is 63.2 Å². The summed E-state index contributed by atoms with van der Waals surface area (Å²) in [5.74, 6) is -3.59. The molecule has 2 aromatic carbocycles. The van der Waals surface area contributed by atoms with Crippen LogP contribution >= 0.6 is 11.6 Å². The molecule has 0 aromatic heterocycles. The lowest BCUT2D eigenvalue weighted by Crippen LogP contribution is -2.47. The zero-order valence-electron chi connectivity index (χ0n) is 20.3. The van der Waals surface area contributed by atoms with E-state index in [0.29, 0.717) is 5.56 Å². The van der Waals surface area contributed by atoms with E-state index in [1.165, 1.54) is 20.1 Å². The van der Waals surface area contributed by atoms with E-state index >= 15 is 0 Å².